The van der Waals surface area contributed by atoms with Crippen molar-refractivity contribution in [3.63, 3.8) is 0 Å². The number of carbonyl (C=O) groups excluding carboxylic acids is 7. The van der Waals surface area contributed by atoms with Gasteiger partial charge in [-0.05, 0) is 71.3 Å². The van der Waals surface area contributed by atoms with E-state index >= 15 is 0 Å². The molecule has 4 unspecified atom stereocenters. The molecule has 0 aliphatic carbocycles. The van der Waals surface area contributed by atoms with Gasteiger partial charge in [0.2, 0.25) is 17.7 Å². The Labute approximate surface area is 319 Å². The van der Waals surface area contributed by atoms with Crippen LogP contribution in [-0.4, -0.2) is 151 Å². The van der Waals surface area contributed by atoms with E-state index in [1.54, 1.807) is 13.8 Å². The first-order valence-corrected chi connectivity index (χ1v) is 17.9. The number of nitrogens with one attached hydrogen (secondary N) is 3. The number of rotatable bonds is 24. The van der Waals surface area contributed by atoms with Crippen LogP contribution in [-0.2, 0) is 38.3 Å². The van der Waals surface area contributed by atoms with Crippen molar-refractivity contribution in [2.75, 3.05) is 39.5 Å². The third-order valence-electron chi connectivity index (χ3n) is 8.32. The molecule has 20 heteroatoms. The van der Waals surface area contributed by atoms with Gasteiger partial charge in [0.15, 0.2) is 0 Å². The van der Waals surface area contributed by atoms with Crippen LogP contribution >= 0.6 is 0 Å². The Kier molecular flexibility index (Phi) is 22.3. The summed E-state index contributed by atoms with van der Waals surface area (Å²) in [7, 11) is 0. The summed E-state index contributed by atoms with van der Waals surface area (Å²) in [6.07, 6.45) is 3.12. The van der Waals surface area contributed by atoms with Crippen molar-refractivity contribution in [1.29, 1.82) is 0 Å². The Morgan fingerprint density at radius 3 is 1.65 bits per heavy atom. The summed E-state index contributed by atoms with van der Waals surface area (Å²) in [6, 6.07) is -2.87. The Bertz CT molecular complexity index is 1430. The first-order chi connectivity index (χ1) is 25.9. The van der Waals surface area contributed by atoms with Crippen molar-refractivity contribution in [2.24, 2.45) is 0 Å². The van der Waals surface area contributed by atoms with E-state index in [9.17, 15) is 54.3 Å². The number of ether oxygens (including phenoxy) is 1. The van der Waals surface area contributed by atoms with Crippen molar-refractivity contribution in [3.8, 4) is 0 Å². The zero-order chi connectivity index (χ0) is 41.7. The Morgan fingerprint density at radius 2 is 1.20 bits per heavy atom. The molecule has 9 N–H and O–H groups in total. The summed E-state index contributed by atoms with van der Waals surface area (Å²) >= 11 is 0. The topological polar surface area (TPSA) is 296 Å². The lowest BCUT2D eigenvalue weighted by atomic mass is 10.0. The molecule has 1 rings (SSSR count). The molecule has 0 aromatic rings. The predicted octanol–water partition coefficient (Wildman–Crippen LogP) is -1.02. The minimum Gasteiger partial charge on any atom is -0.464 e. The van der Waals surface area contributed by atoms with Crippen LogP contribution in [0, 0.1) is 0 Å². The summed E-state index contributed by atoms with van der Waals surface area (Å²) < 4.78 is 5.24. The minimum atomic E-state index is -1.26. The summed E-state index contributed by atoms with van der Waals surface area (Å²) in [5, 5.41) is 66.4. The number of nitrogens with zero attached hydrogens (tertiary/aromatic N) is 3. The molecule has 0 saturated carbocycles. The first kappa shape index (κ1) is 48.3. The number of aliphatic hydroxyl groups is 3. The van der Waals surface area contributed by atoms with E-state index in [0.717, 1.165) is 12.2 Å². The molecule has 1 saturated heterocycles. The Morgan fingerprint density at radius 1 is 0.745 bits per heavy atom. The molecule has 0 aromatic heterocycles. The minimum absolute atomic E-state index is 0.00264. The predicted molar refractivity (Wildman–Crippen MR) is 191 cm³/mol. The molecule has 4 atom stereocenters. The van der Waals surface area contributed by atoms with Gasteiger partial charge in [-0.25, -0.2) is 20.0 Å². The maximum absolute atomic E-state index is 12.6. The second-order valence-corrected chi connectivity index (χ2v) is 13.1. The number of carbonyl (C=O) groups is 7. The number of aliphatic hydroxyl groups excluding tert-OH is 3. The van der Waals surface area contributed by atoms with E-state index in [-0.39, 0.29) is 89.8 Å². The zero-order valence-corrected chi connectivity index (χ0v) is 31.7. The van der Waals surface area contributed by atoms with Crippen molar-refractivity contribution in [1.82, 2.24) is 31.1 Å². The number of hydrogen-bond acceptors (Lipinski definition) is 14. The highest BCUT2D eigenvalue weighted by molar-refractivity contribution is 5.97. The van der Waals surface area contributed by atoms with Gasteiger partial charge in [-0.3, -0.25) is 44.4 Å². The van der Waals surface area contributed by atoms with Gasteiger partial charge in [-0.15, -0.1) is 0 Å². The van der Waals surface area contributed by atoms with Crippen LogP contribution in [0.1, 0.15) is 79.1 Å². The zero-order valence-electron chi connectivity index (χ0n) is 31.7. The maximum atomic E-state index is 12.6. The molecule has 1 heterocycles. The first-order valence-electron chi connectivity index (χ1n) is 17.9. The highest BCUT2D eigenvalue weighted by atomic mass is 16.5. The third-order valence-corrected chi connectivity index (χ3v) is 8.32. The number of hydroxylamine groups is 6. The Balaban J connectivity index is 2.48. The van der Waals surface area contributed by atoms with Crippen LogP contribution in [0.4, 0.5) is 0 Å². The average Bonchev–Trinajstić information content (AvgIpc) is 3.11. The van der Waals surface area contributed by atoms with Gasteiger partial charge in [0, 0.05) is 57.8 Å². The second-order valence-electron chi connectivity index (χ2n) is 13.1. The van der Waals surface area contributed by atoms with Gasteiger partial charge in [0.25, 0.3) is 17.7 Å². The molecule has 0 bridgehead atoms. The largest absolute Gasteiger partial charge is 0.464 e. The van der Waals surface area contributed by atoms with Crippen molar-refractivity contribution >= 4 is 41.4 Å². The highest BCUT2D eigenvalue weighted by Crippen LogP contribution is 2.11. The quantitative estimate of drug-likeness (QED) is 0.0245. The molecule has 1 aliphatic rings. The van der Waals surface area contributed by atoms with Crippen LogP contribution in [0.25, 0.3) is 0 Å². The number of amides is 6. The van der Waals surface area contributed by atoms with Crippen molar-refractivity contribution in [2.45, 2.75) is 103 Å². The molecular weight excluding hydrogens is 728 g/mol. The third kappa shape index (κ3) is 18.9. The normalized spacial score (nSPS) is 17.4. The molecular formula is C35H56N6O14. The molecule has 310 valence electrons. The van der Waals surface area contributed by atoms with Crippen LogP contribution < -0.4 is 16.0 Å². The van der Waals surface area contributed by atoms with E-state index < -0.39 is 72.2 Å². The maximum Gasteiger partial charge on any atom is 0.328 e. The van der Waals surface area contributed by atoms with Crippen LogP contribution in [0.3, 0.4) is 0 Å². The van der Waals surface area contributed by atoms with Gasteiger partial charge in [0.1, 0.15) is 18.1 Å². The molecule has 1 fully saturated rings. The molecule has 0 spiro atoms. The van der Waals surface area contributed by atoms with E-state index in [1.165, 1.54) is 19.9 Å². The van der Waals surface area contributed by atoms with Gasteiger partial charge in [-0.1, -0.05) is 11.1 Å². The van der Waals surface area contributed by atoms with E-state index in [2.05, 4.69) is 16.0 Å². The lowest BCUT2D eigenvalue weighted by molar-refractivity contribution is -0.160. The SMILES string of the molecule is CC(=O)NC(CCCN(O)C(=O)/C=C(\C)C(O)CO)C(=O)OCC/C(C)=C/C(=O)N(O)CCCC1NC(=O)C(CCCN(O)C(=O)/C=C(\C)CCO)NC1=O. The second kappa shape index (κ2) is 25.4. The summed E-state index contributed by atoms with van der Waals surface area (Å²) in [6.45, 7) is 4.44. The van der Waals surface area contributed by atoms with E-state index in [4.69, 9.17) is 14.9 Å². The standard InChI is InChI=1S/C35H56N6O14/c1-22(11-16-42)18-30(46)39(52)13-5-8-26-33(49)38-27(34(50)37-26)9-6-14-40(53)31(47)19-23(2)12-17-55-35(51)28(36-25(4)44)10-7-15-41(54)32(48)20-24(3)29(45)21-43/h18-20,26-29,42-43,45,52-54H,5-17,21H2,1-4H3,(H,36,44)(H,37,50)(H,38,49)/b22-18+,23-19+,24-20+. The highest BCUT2D eigenvalue weighted by Gasteiger charge is 2.33. The number of hydrogen-bond donors (Lipinski definition) is 9. The molecule has 55 heavy (non-hydrogen) atoms. The van der Waals surface area contributed by atoms with Crippen LogP contribution in [0.15, 0.2) is 34.9 Å². The van der Waals surface area contributed by atoms with Gasteiger partial charge < -0.3 is 36.0 Å². The number of piperazine rings is 1. The van der Waals surface area contributed by atoms with Crippen molar-refractivity contribution < 1.29 is 69.2 Å². The molecule has 0 radical (unpaired) electrons. The van der Waals surface area contributed by atoms with Crippen LogP contribution in [0.2, 0.25) is 0 Å². The molecule has 0 aromatic carbocycles. The van der Waals surface area contributed by atoms with Crippen LogP contribution in [0.5, 0.6) is 0 Å². The summed E-state index contributed by atoms with van der Waals surface area (Å²) in [5.41, 5.74) is 1.18. The smallest absolute Gasteiger partial charge is 0.328 e. The lowest BCUT2D eigenvalue weighted by Crippen LogP contribution is -2.61. The summed E-state index contributed by atoms with van der Waals surface area (Å²) in [5.74, 6) is -4.51. The van der Waals surface area contributed by atoms with E-state index in [0.29, 0.717) is 26.3 Å². The fourth-order valence-electron chi connectivity index (χ4n) is 5.06. The monoisotopic (exact) mass is 784 g/mol. The van der Waals surface area contributed by atoms with Crippen molar-refractivity contribution in [3.05, 3.63) is 34.9 Å². The van der Waals surface area contributed by atoms with Gasteiger partial charge in [0.05, 0.1) is 19.3 Å². The lowest BCUT2D eigenvalue weighted by Gasteiger charge is -2.30. The van der Waals surface area contributed by atoms with E-state index in [1.807, 2.05) is 0 Å². The number of esters is 1. The molecule has 6 amide bonds. The van der Waals surface area contributed by atoms with Gasteiger partial charge in [-0.2, -0.15) is 0 Å². The molecule has 20 nitrogen and oxygen atoms in total. The fraction of sp³-hybridized carbons (Fsp3) is 0.629. The average molecular weight is 785 g/mol. The summed E-state index contributed by atoms with van der Waals surface area (Å²) in [4.78, 5) is 86.0. The molecule has 1 aliphatic heterocycles. The van der Waals surface area contributed by atoms with Gasteiger partial charge >= 0.3 is 5.97 Å². The Hall–Kier alpha value is -4.73. The fourth-order valence-corrected chi connectivity index (χ4v) is 5.06.